The molecular formula is C36H49N2O7P. The summed E-state index contributed by atoms with van der Waals surface area (Å²) in [5.41, 5.74) is 11.4. The van der Waals surface area contributed by atoms with Gasteiger partial charge in [0.05, 0.1) is 31.5 Å². The van der Waals surface area contributed by atoms with Crippen LogP contribution in [0.2, 0.25) is 0 Å². The predicted octanol–water partition coefficient (Wildman–Crippen LogP) is 7.18. The average molecular weight is 653 g/mol. The van der Waals surface area contributed by atoms with Gasteiger partial charge in [0, 0.05) is 12.0 Å². The Labute approximate surface area is 273 Å². The summed E-state index contributed by atoms with van der Waals surface area (Å²) in [5.74, 6) is -0.152. The summed E-state index contributed by atoms with van der Waals surface area (Å²) in [4.78, 5) is 25.4. The molecule has 0 heterocycles. The highest BCUT2D eigenvalue weighted by Crippen LogP contribution is 2.45. The Balaban J connectivity index is 1.56. The molecule has 0 aromatic heterocycles. The molecule has 0 amide bonds. The van der Waals surface area contributed by atoms with Crippen molar-refractivity contribution in [2.75, 3.05) is 13.2 Å². The van der Waals surface area contributed by atoms with Crippen LogP contribution in [-0.4, -0.2) is 42.7 Å². The van der Waals surface area contributed by atoms with Crippen LogP contribution in [0, 0.1) is 20.8 Å². The Bertz CT molecular complexity index is 1490. The standard InChI is InChI=1S/C36H49N2O7P/c1-25(2)44-35(40)29(6)38-46(41,45-32-13-9-8-10-14-32)43-24-36(7,37)23-42-22-31-20-28(5)33(21-27(31)4)34(39)15-11-12-30-18-16-26(3)17-19-30/h8-10,13-14,16-21,25,29H,11-12,15,22-24,37H2,1-7H3,(H,38,41)/t29-,36+,46?/m0/s1. The number of rotatable bonds is 18. The number of ether oxygens (including phenoxy) is 2. The Kier molecular flexibility index (Phi) is 13.7. The van der Waals surface area contributed by atoms with Gasteiger partial charge in [-0.25, -0.2) is 4.57 Å². The number of Topliss-reactive ketones (excluding diaryl/α,β-unsaturated/α-hetero) is 1. The van der Waals surface area contributed by atoms with E-state index in [0.29, 0.717) is 12.2 Å². The number of nitrogens with one attached hydrogen (secondary N) is 1. The number of esters is 1. The molecule has 3 rings (SSSR count). The van der Waals surface area contributed by atoms with Crippen molar-refractivity contribution < 1.29 is 32.7 Å². The Hall–Kier alpha value is -3.33. The van der Waals surface area contributed by atoms with Crippen LogP contribution in [-0.2, 0) is 36.4 Å². The second kappa shape index (κ2) is 17.0. The highest BCUT2D eigenvalue weighted by atomic mass is 31.2. The molecule has 0 radical (unpaired) electrons. The van der Waals surface area contributed by atoms with Crippen LogP contribution in [0.25, 0.3) is 0 Å². The van der Waals surface area contributed by atoms with E-state index in [4.69, 9.17) is 24.3 Å². The zero-order valence-corrected chi connectivity index (χ0v) is 29.0. The maximum absolute atomic E-state index is 13.8. The predicted molar refractivity (Wildman–Crippen MR) is 181 cm³/mol. The van der Waals surface area contributed by atoms with E-state index < -0.39 is 25.3 Å². The second-order valence-corrected chi connectivity index (χ2v) is 14.2. The maximum atomic E-state index is 13.8. The lowest BCUT2D eigenvalue weighted by molar-refractivity contribution is -0.149. The van der Waals surface area contributed by atoms with Gasteiger partial charge in [-0.2, -0.15) is 5.09 Å². The molecule has 0 aliphatic heterocycles. The van der Waals surface area contributed by atoms with E-state index in [9.17, 15) is 14.2 Å². The van der Waals surface area contributed by atoms with Crippen molar-refractivity contribution in [3.05, 3.63) is 100 Å². The number of benzene rings is 3. The highest BCUT2D eigenvalue weighted by Gasteiger charge is 2.35. The van der Waals surface area contributed by atoms with Crippen LogP contribution >= 0.6 is 7.75 Å². The SMILES string of the molecule is Cc1ccc(CCCC(=O)c2cc(C)c(COC[C@@](C)(N)COP(=O)(N[C@@H](C)C(=O)OC(C)C)Oc3ccccc3)cc2C)cc1. The summed E-state index contributed by atoms with van der Waals surface area (Å²) in [6.07, 6.45) is 1.81. The maximum Gasteiger partial charge on any atom is 0.459 e. The van der Waals surface area contributed by atoms with Gasteiger partial charge in [0.1, 0.15) is 11.8 Å². The molecule has 3 aromatic rings. The zero-order valence-electron chi connectivity index (χ0n) is 28.1. The topological polar surface area (TPSA) is 126 Å². The molecule has 0 spiro atoms. The number of carbonyl (C=O) groups excluding carboxylic acids is 2. The van der Waals surface area contributed by atoms with Gasteiger partial charge in [-0.3, -0.25) is 14.1 Å². The number of aryl methyl sites for hydroxylation is 4. The Morgan fingerprint density at radius 1 is 0.935 bits per heavy atom. The number of ketones is 1. The minimum Gasteiger partial charge on any atom is -0.462 e. The monoisotopic (exact) mass is 652 g/mol. The molecule has 0 aliphatic rings. The fourth-order valence-corrected chi connectivity index (χ4v) is 6.30. The molecule has 0 aliphatic carbocycles. The van der Waals surface area contributed by atoms with E-state index in [2.05, 4.69) is 36.3 Å². The first kappa shape index (κ1) is 37.1. The van der Waals surface area contributed by atoms with Gasteiger partial charge in [0.25, 0.3) is 0 Å². The third kappa shape index (κ3) is 12.1. The highest BCUT2D eigenvalue weighted by molar-refractivity contribution is 7.52. The number of nitrogens with two attached hydrogens (primary N) is 1. The van der Waals surface area contributed by atoms with Crippen molar-refractivity contribution in [1.29, 1.82) is 0 Å². The fraction of sp³-hybridized carbons (Fsp3) is 0.444. The lowest BCUT2D eigenvalue weighted by Gasteiger charge is -2.28. The first-order valence-corrected chi connectivity index (χ1v) is 17.2. The van der Waals surface area contributed by atoms with Crippen molar-refractivity contribution in [2.24, 2.45) is 5.73 Å². The lowest BCUT2D eigenvalue weighted by atomic mass is 9.95. The second-order valence-electron chi connectivity index (χ2n) is 12.5. The van der Waals surface area contributed by atoms with E-state index in [1.165, 1.54) is 18.1 Å². The normalized spacial score (nSPS) is 14.7. The van der Waals surface area contributed by atoms with Gasteiger partial charge < -0.3 is 19.7 Å². The van der Waals surface area contributed by atoms with E-state index in [1.807, 2.05) is 26.0 Å². The summed E-state index contributed by atoms with van der Waals surface area (Å²) in [7, 11) is -4.06. The summed E-state index contributed by atoms with van der Waals surface area (Å²) >= 11 is 0. The lowest BCUT2D eigenvalue weighted by Crippen LogP contribution is -2.46. The zero-order chi connectivity index (χ0) is 33.9. The van der Waals surface area contributed by atoms with Crippen LogP contribution in [0.15, 0.2) is 66.7 Å². The van der Waals surface area contributed by atoms with Gasteiger partial charge in [-0.05, 0) is 102 Å². The Morgan fingerprint density at radius 3 is 2.26 bits per heavy atom. The van der Waals surface area contributed by atoms with Gasteiger partial charge in [-0.15, -0.1) is 0 Å². The van der Waals surface area contributed by atoms with Crippen LogP contribution in [0.5, 0.6) is 5.75 Å². The van der Waals surface area contributed by atoms with Gasteiger partial charge in [0.2, 0.25) is 0 Å². The third-order valence-electron chi connectivity index (χ3n) is 7.25. The van der Waals surface area contributed by atoms with Crippen LogP contribution in [0.3, 0.4) is 0 Å². The summed E-state index contributed by atoms with van der Waals surface area (Å²) in [6, 6.07) is 19.9. The molecule has 3 N–H and O–H groups in total. The third-order valence-corrected chi connectivity index (χ3v) is 8.88. The summed E-state index contributed by atoms with van der Waals surface area (Å²) in [5, 5.41) is 2.67. The molecule has 0 fully saturated rings. The van der Waals surface area contributed by atoms with E-state index >= 15 is 0 Å². The van der Waals surface area contributed by atoms with Crippen LogP contribution in [0.4, 0.5) is 0 Å². The average Bonchev–Trinajstić information content (AvgIpc) is 2.99. The van der Waals surface area contributed by atoms with E-state index in [1.54, 1.807) is 51.1 Å². The van der Waals surface area contributed by atoms with Crippen LogP contribution in [0.1, 0.15) is 78.7 Å². The molecule has 0 bridgehead atoms. The van der Waals surface area contributed by atoms with Gasteiger partial charge in [-0.1, -0.05) is 54.1 Å². The molecule has 9 nitrogen and oxygen atoms in total. The van der Waals surface area contributed by atoms with Crippen molar-refractivity contribution in [3.8, 4) is 5.75 Å². The molecule has 10 heteroatoms. The molecule has 0 saturated heterocycles. The van der Waals surface area contributed by atoms with Gasteiger partial charge in [0.15, 0.2) is 5.78 Å². The van der Waals surface area contributed by atoms with Crippen molar-refractivity contribution in [2.45, 2.75) is 92.0 Å². The number of carbonyl (C=O) groups is 2. The minimum absolute atomic E-state index is 0.0848. The number of hydrogen-bond donors (Lipinski definition) is 2. The molecule has 250 valence electrons. The molecule has 1 unspecified atom stereocenters. The van der Waals surface area contributed by atoms with Crippen molar-refractivity contribution in [1.82, 2.24) is 5.09 Å². The quantitative estimate of drug-likeness (QED) is 0.0834. The largest absolute Gasteiger partial charge is 0.462 e. The number of para-hydroxylation sites is 1. The van der Waals surface area contributed by atoms with Gasteiger partial charge >= 0.3 is 13.7 Å². The molecule has 46 heavy (non-hydrogen) atoms. The fourth-order valence-electron chi connectivity index (χ4n) is 4.68. The number of hydrogen-bond acceptors (Lipinski definition) is 8. The molecule has 3 aromatic carbocycles. The first-order chi connectivity index (χ1) is 21.7. The first-order valence-electron chi connectivity index (χ1n) is 15.7. The van der Waals surface area contributed by atoms with Crippen LogP contribution < -0.4 is 15.3 Å². The summed E-state index contributed by atoms with van der Waals surface area (Å²) < 4.78 is 36.4. The smallest absolute Gasteiger partial charge is 0.459 e. The molecular weight excluding hydrogens is 603 g/mol. The minimum atomic E-state index is -4.06. The van der Waals surface area contributed by atoms with E-state index in [0.717, 1.165) is 35.1 Å². The van der Waals surface area contributed by atoms with E-state index in [-0.39, 0.29) is 31.7 Å². The Morgan fingerprint density at radius 2 is 1.61 bits per heavy atom. The summed E-state index contributed by atoms with van der Waals surface area (Å²) in [6.45, 7) is 12.8. The van der Waals surface area contributed by atoms with Crippen molar-refractivity contribution in [3.63, 3.8) is 0 Å². The molecule has 3 atom stereocenters. The molecule has 0 saturated carbocycles. The van der Waals surface area contributed by atoms with Crippen molar-refractivity contribution >= 4 is 19.5 Å².